The number of esters is 1. The number of benzene rings is 1. The smallest absolute Gasteiger partial charge is 0.310 e. The lowest BCUT2D eigenvalue weighted by atomic mass is 9.66. The van der Waals surface area contributed by atoms with Crippen molar-refractivity contribution in [3.05, 3.63) is 49.6 Å². The highest BCUT2D eigenvalue weighted by Crippen LogP contribution is 2.69. The number of nitrogens with zero attached hydrogens (tertiary/aromatic N) is 2. The van der Waals surface area contributed by atoms with Crippen LogP contribution in [0, 0.1) is 23.7 Å². The Balaban J connectivity index is 1.83. The molecule has 0 radical (unpaired) electrons. The van der Waals surface area contributed by atoms with E-state index >= 15 is 0 Å². The standard InChI is InChI=1S/C31H42N2O6S/c1-7-10-16-39-30(37)25-24-17-20(5)31(40-24)26(25)28(35)33(23(18-34)19(4)9-3)27(31)29(36)32(15-8-2)21-11-13-22(38-6)14-12-21/h7-8,11-14,19-20,23-27,34H,1-2,9-10,15-18H2,3-6H3/t19-,20?,23-,24+,25-,26-,27?,31?/m0/s1. The zero-order chi connectivity index (χ0) is 29.2. The van der Waals surface area contributed by atoms with Crippen LogP contribution in [0.3, 0.4) is 0 Å². The second-order valence-corrected chi connectivity index (χ2v) is 12.7. The molecule has 3 heterocycles. The number of aliphatic hydroxyl groups is 1. The molecule has 1 aromatic rings. The summed E-state index contributed by atoms with van der Waals surface area (Å²) in [6, 6.07) is 5.81. The molecule has 40 heavy (non-hydrogen) atoms. The van der Waals surface area contributed by atoms with Gasteiger partial charge in [0, 0.05) is 17.5 Å². The fraction of sp³-hybridized carbons (Fsp3) is 0.581. The lowest BCUT2D eigenvalue weighted by molar-refractivity contribution is -0.155. The van der Waals surface area contributed by atoms with Crippen molar-refractivity contribution in [2.24, 2.45) is 23.7 Å². The molecule has 9 heteroatoms. The second kappa shape index (κ2) is 12.4. The van der Waals surface area contributed by atoms with Crippen molar-refractivity contribution in [3.8, 4) is 5.75 Å². The Morgan fingerprint density at radius 1 is 1.27 bits per heavy atom. The largest absolute Gasteiger partial charge is 0.497 e. The van der Waals surface area contributed by atoms with E-state index in [0.717, 1.165) is 6.42 Å². The van der Waals surface area contributed by atoms with E-state index in [1.807, 2.05) is 26.0 Å². The minimum absolute atomic E-state index is 0.00495. The van der Waals surface area contributed by atoms with Gasteiger partial charge in [-0.05, 0) is 48.9 Å². The van der Waals surface area contributed by atoms with Gasteiger partial charge in [0.25, 0.3) is 5.91 Å². The summed E-state index contributed by atoms with van der Waals surface area (Å²) in [4.78, 5) is 45.9. The predicted molar refractivity (Wildman–Crippen MR) is 157 cm³/mol. The minimum atomic E-state index is -0.853. The molecule has 8 nitrogen and oxygen atoms in total. The van der Waals surface area contributed by atoms with E-state index < -0.39 is 28.7 Å². The average Bonchev–Trinajstić information content (AvgIpc) is 3.55. The van der Waals surface area contributed by atoms with E-state index in [-0.39, 0.29) is 54.6 Å². The zero-order valence-corrected chi connectivity index (χ0v) is 24.8. The monoisotopic (exact) mass is 570 g/mol. The fourth-order valence-corrected chi connectivity index (χ4v) is 9.27. The van der Waals surface area contributed by atoms with Crippen LogP contribution in [0.2, 0.25) is 0 Å². The number of anilines is 1. The molecule has 8 atom stereocenters. The topological polar surface area (TPSA) is 96.4 Å². The van der Waals surface area contributed by atoms with Crippen molar-refractivity contribution in [3.63, 3.8) is 0 Å². The van der Waals surface area contributed by atoms with Gasteiger partial charge in [-0.2, -0.15) is 0 Å². The third kappa shape index (κ3) is 4.85. The molecule has 1 aromatic carbocycles. The number of fused-ring (bicyclic) bond motifs is 1. The third-order valence-electron chi connectivity index (χ3n) is 9.06. The zero-order valence-electron chi connectivity index (χ0n) is 24.0. The van der Waals surface area contributed by atoms with Crippen molar-refractivity contribution < 1.29 is 29.0 Å². The molecule has 1 spiro atoms. The molecular formula is C31H42N2O6S. The van der Waals surface area contributed by atoms with Gasteiger partial charge in [-0.3, -0.25) is 14.4 Å². The van der Waals surface area contributed by atoms with Crippen molar-refractivity contribution in [2.75, 3.05) is 31.8 Å². The van der Waals surface area contributed by atoms with Gasteiger partial charge in [0.05, 0.1) is 42.9 Å². The number of rotatable bonds is 13. The van der Waals surface area contributed by atoms with Gasteiger partial charge in [-0.25, -0.2) is 0 Å². The van der Waals surface area contributed by atoms with Crippen LogP contribution in [-0.2, 0) is 19.1 Å². The summed E-state index contributed by atoms with van der Waals surface area (Å²) >= 11 is 1.60. The summed E-state index contributed by atoms with van der Waals surface area (Å²) in [5, 5.41) is 10.5. The van der Waals surface area contributed by atoms with E-state index in [1.165, 1.54) is 0 Å². The lowest BCUT2D eigenvalue weighted by Gasteiger charge is -2.43. The molecule has 4 rings (SSSR count). The minimum Gasteiger partial charge on any atom is -0.497 e. The number of hydrogen-bond acceptors (Lipinski definition) is 7. The van der Waals surface area contributed by atoms with Gasteiger partial charge in [-0.1, -0.05) is 39.3 Å². The first-order valence-corrected chi connectivity index (χ1v) is 15.0. The maximum Gasteiger partial charge on any atom is 0.310 e. The van der Waals surface area contributed by atoms with Crippen molar-refractivity contribution in [1.82, 2.24) is 4.90 Å². The Bertz CT molecular complexity index is 1130. The van der Waals surface area contributed by atoms with Crippen LogP contribution >= 0.6 is 11.8 Å². The molecule has 0 aromatic heterocycles. The lowest BCUT2D eigenvalue weighted by Crippen LogP contribution is -2.60. The van der Waals surface area contributed by atoms with Gasteiger partial charge in [-0.15, -0.1) is 24.9 Å². The number of hydrogen-bond donors (Lipinski definition) is 1. The average molecular weight is 571 g/mol. The number of ether oxygens (including phenoxy) is 2. The number of aliphatic hydroxyl groups excluding tert-OH is 1. The molecule has 3 unspecified atom stereocenters. The third-order valence-corrected chi connectivity index (χ3v) is 11.1. The van der Waals surface area contributed by atoms with Crippen LogP contribution in [0.5, 0.6) is 5.75 Å². The highest BCUT2D eigenvalue weighted by Gasteiger charge is 2.77. The first-order chi connectivity index (χ1) is 19.2. The van der Waals surface area contributed by atoms with Crippen LogP contribution in [-0.4, -0.2) is 76.7 Å². The summed E-state index contributed by atoms with van der Waals surface area (Å²) in [6.07, 6.45) is 5.32. The summed E-state index contributed by atoms with van der Waals surface area (Å²) in [5.41, 5.74) is 0.660. The Hall–Kier alpha value is -2.78. The molecule has 218 valence electrons. The number of methoxy groups -OCH3 is 1. The number of likely N-dealkylation sites (tertiary alicyclic amines) is 1. The van der Waals surface area contributed by atoms with Crippen LogP contribution in [0.25, 0.3) is 0 Å². The Kier molecular flexibility index (Phi) is 9.35. The summed E-state index contributed by atoms with van der Waals surface area (Å²) in [6.45, 7) is 13.8. The molecule has 3 aliphatic heterocycles. The van der Waals surface area contributed by atoms with Crippen LogP contribution < -0.4 is 9.64 Å². The maximum absolute atomic E-state index is 14.8. The molecule has 0 aliphatic carbocycles. The Labute approximate surface area is 241 Å². The number of carbonyl (C=O) groups is 3. The summed E-state index contributed by atoms with van der Waals surface area (Å²) in [5.74, 6) is -1.57. The second-order valence-electron chi connectivity index (χ2n) is 11.1. The van der Waals surface area contributed by atoms with Crippen molar-refractivity contribution >= 4 is 35.2 Å². The Morgan fingerprint density at radius 2 is 1.98 bits per heavy atom. The summed E-state index contributed by atoms with van der Waals surface area (Å²) < 4.78 is 10.1. The van der Waals surface area contributed by atoms with Crippen molar-refractivity contribution in [2.45, 2.75) is 62.1 Å². The van der Waals surface area contributed by atoms with Gasteiger partial charge >= 0.3 is 5.97 Å². The van der Waals surface area contributed by atoms with Crippen LogP contribution in [0.1, 0.15) is 40.0 Å². The van der Waals surface area contributed by atoms with E-state index in [9.17, 15) is 19.5 Å². The molecule has 0 saturated carbocycles. The molecule has 2 bridgehead atoms. The first kappa shape index (κ1) is 30.2. The SMILES string of the molecule is C=CCCOC(=O)[C@@H]1[C@H]2C(=O)N([C@@H](CO)[C@@H](C)CC)C(C(=O)N(CC=C)c3ccc(OC)cc3)C23S[C@@H]1CC3C. The predicted octanol–water partition coefficient (Wildman–Crippen LogP) is 4.08. The van der Waals surface area contributed by atoms with E-state index in [4.69, 9.17) is 9.47 Å². The summed E-state index contributed by atoms with van der Waals surface area (Å²) in [7, 11) is 1.58. The normalized spacial score (nSPS) is 30.0. The quantitative estimate of drug-likeness (QED) is 0.217. The molecule has 3 fully saturated rings. The van der Waals surface area contributed by atoms with E-state index in [2.05, 4.69) is 20.1 Å². The molecule has 3 saturated heterocycles. The maximum atomic E-state index is 14.8. The van der Waals surface area contributed by atoms with Crippen LogP contribution in [0.15, 0.2) is 49.6 Å². The van der Waals surface area contributed by atoms with Crippen LogP contribution in [0.4, 0.5) is 5.69 Å². The van der Waals surface area contributed by atoms with Gasteiger partial charge in [0.1, 0.15) is 11.8 Å². The number of carbonyl (C=O) groups excluding carboxylic acids is 3. The van der Waals surface area contributed by atoms with Gasteiger partial charge in [0.2, 0.25) is 5.91 Å². The fourth-order valence-electron chi connectivity index (χ4n) is 6.88. The first-order valence-electron chi connectivity index (χ1n) is 14.2. The highest BCUT2D eigenvalue weighted by molar-refractivity contribution is 8.02. The molecular weight excluding hydrogens is 528 g/mol. The molecule has 3 aliphatic rings. The van der Waals surface area contributed by atoms with Gasteiger partial charge < -0.3 is 24.4 Å². The number of amides is 2. The van der Waals surface area contributed by atoms with Crippen molar-refractivity contribution in [1.29, 1.82) is 0 Å². The molecule has 2 amide bonds. The molecule has 1 N–H and O–H groups in total. The van der Waals surface area contributed by atoms with E-state index in [0.29, 0.717) is 24.3 Å². The van der Waals surface area contributed by atoms with E-state index in [1.54, 1.807) is 53.0 Å². The van der Waals surface area contributed by atoms with Gasteiger partial charge in [0.15, 0.2) is 0 Å². The Morgan fingerprint density at radius 3 is 2.55 bits per heavy atom. The number of thioether (sulfide) groups is 1. The highest BCUT2D eigenvalue weighted by atomic mass is 32.2.